The maximum absolute atomic E-state index is 13.0. The Labute approximate surface area is 71.9 Å². The second-order valence-corrected chi connectivity index (χ2v) is 1.95. The average molecular weight is 174 g/mol. The second-order valence-electron chi connectivity index (χ2n) is 1.95. The van der Waals surface area contributed by atoms with Crippen LogP contribution in [0.15, 0.2) is 18.2 Å². The summed E-state index contributed by atoms with van der Waals surface area (Å²) < 4.78 is 37.5. The molecule has 12 heavy (non-hydrogen) atoms. The lowest BCUT2D eigenvalue weighted by Gasteiger charge is -2.00. The Hall–Kier alpha value is -1.65. The second kappa shape index (κ2) is 3.17. The fourth-order valence-corrected chi connectivity index (χ4v) is 0.755. The smallest absolute Gasteiger partial charge is 0.346 e. The Morgan fingerprint density at radius 2 is 2.50 bits per heavy atom. The summed E-state index contributed by atoms with van der Waals surface area (Å²) in [5.74, 6) is -1.75. The number of nitro groups is 1. The van der Waals surface area contributed by atoms with Gasteiger partial charge in [-0.05, 0) is 12.1 Å². The minimum atomic E-state index is -2.85. The average Bonchev–Trinajstić information content (AvgIpc) is 1.99. The summed E-state index contributed by atoms with van der Waals surface area (Å²) in [6, 6.07) is 3.00. The van der Waals surface area contributed by atoms with Crippen LogP contribution >= 0.6 is 0 Å². The molecule has 0 N–H and O–H groups in total. The number of benzene rings is 1. The topological polar surface area (TPSA) is 52.4 Å². The zero-order chi connectivity index (χ0) is 11.6. The Kier molecular flexibility index (Phi) is 1.34. The number of nitro benzene ring substituents is 1. The summed E-state index contributed by atoms with van der Waals surface area (Å²) in [5, 5.41) is 10.4. The third-order valence-electron chi connectivity index (χ3n) is 1.24. The van der Waals surface area contributed by atoms with E-state index in [2.05, 4.69) is 4.74 Å². The van der Waals surface area contributed by atoms with E-state index in [-0.39, 0.29) is 0 Å². The van der Waals surface area contributed by atoms with Gasteiger partial charge in [-0.15, -0.1) is 0 Å². The van der Waals surface area contributed by atoms with Gasteiger partial charge in [0.15, 0.2) is 5.75 Å². The predicted octanol–water partition coefficient (Wildman–Crippen LogP) is 1.74. The van der Waals surface area contributed by atoms with Crippen LogP contribution in [0.3, 0.4) is 0 Å². The van der Waals surface area contributed by atoms with Crippen LogP contribution in [0.25, 0.3) is 0 Å². The third kappa shape index (κ3) is 1.34. The highest BCUT2D eigenvalue weighted by Crippen LogP contribution is 2.28. The molecule has 1 aromatic carbocycles. The van der Waals surface area contributed by atoms with Crippen molar-refractivity contribution in [3.63, 3.8) is 0 Å². The maximum Gasteiger partial charge on any atom is 0.346 e. The van der Waals surface area contributed by atoms with Gasteiger partial charge >= 0.3 is 5.69 Å². The van der Waals surface area contributed by atoms with Gasteiger partial charge in [0.25, 0.3) is 0 Å². The molecule has 0 amide bonds. The van der Waals surface area contributed by atoms with E-state index < -0.39 is 29.2 Å². The molecule has 0 aliphatic heterocycles. The zero-order valence-corrected chi connectivity index (χ0v) is 5.78. The van der Waals surface area contributed by atoms with Crippen LogP contribution in [0.2, 0.25) is 0 Å². The molecule has 0 radical (unpaired) electrons. The number of halogens is 1. The third-order valence-corrected chi connectivity index (χ3v) is 1.24. The van der Waals surface area contributed by atoms with E-state index in [1.54, 1.807) is 0 Å². The van der Waals surface area contributed by atoms with E-state index in [0.29, 0.717) is 0 Å². The van der Waals surface area contributed by atoms with Crippen molar-refractivity contribution in [3.8, 4) is 5.75 Å². The summed E-state index contributed by atoms with van der Waals surface area (Å²) in [6.07, 6.45) is 0. The number of nitrogens with zero attached hydrogens (tertiary/aromatic N) is 1. The Morgan fingerprint density at radius 1 is 1.75 bits per heavy atom. The fourth-order valence-electron chi connectivity index (χ4n) is 0.755. The Balaban J connectivity index is 3.18. The van der Waals surface area contributed by atoms with E-state index in [1.807, 2.05) is 0 Å². The molecular weight excluding hydrogens is 165 g/mol. The van der Waals surface area contributed by atoms with Gasteiger partial charge in [-0.2, -0.15) is 4.39 Å². The van der Waals surface area contributed by atoms with Crippen molar-refractivity contribution in [1.82, 2.24) is 0 Å². The lowest BCUT2D eigenvalue weighted by Crippen LogP contribution is -1.96. The van der Waals surface area contributed by atoms with Crippen molar-refractivity contribution in [2.45, 2.75) is 0 Å². The van der Waals surface area contributed by atoms with Crippen molar-refractivity contribution in [2.24, 2.45) is 0 Å². The van der Waals surface area contributed by atoms with Gasteiger partial charge in [-0.25, -0.2) is 0 Å². The minimum Gasteiger partial charge on any atom is -0.490 e. The van der Waals surface area contributed by atoms with Gasteiger partial charge in [-0.1, -0.05) is 6.07 Å². The first-order chi connectivity index (χ1) is 6.81. The first-order valence-corrected chi connectivity index (χ1v) is 2.93. The zero-order valence-electron chi connectivity index (χ0n) is 8.78. The number of hydrogen-bond acceptors (Lipinski definition) is 3. The van der Waals surface area contributed by atoms with Crippen LogP contribution in [0.1, 0.15) is 4.11 Å². The van der Waals surface area contributed by atoms with E-state index in [9.17, 15) is 14.5 Å². The quantitative estimate of drug-likeness (QED) is 0.506. The number of hydrogen-bond donors (Lipinski definition) is 0. The SMILES string of the molecule is [2H]C([2H])([2H])Oc1cccc(F)c1[N+](=O)[O-]. The summed E-state index contributed by atoms with van der Waals surface area (Å²) in [6.45, 7) is 0. The molecule has 0 unspecified atom stereocenters. The molecule has 0 bridgehead atoms. The lowest BCUT2D eigenvalue weighted by molar-refractivity contribution is -0.388. The number of rotatable bonds is 2. The molecule has 0 fully saturated rings. The molecular formula is C7H6FNO3. The van der Waals surface area contributed by atoms with Crippen molar-refractivity contribution < 1.29 is 18.2 Å². The molecule has 64 valence electrons. The summed E-state index contributed by atoms with van der Waals surface area (Å²) in [4.78, 5) is 9.40. The van der Waals surface area contributed by atoms with Gasteiger partial charge in [0.05, 0.1) is 16.1 Å². The minimum absolute atomic E-state index is 0.611. The highest BCUT2D eigenvalue weighted by molar-refractivity contribution is 5.46. The standard InChI is InChI=1S/C7H6FNO3/c1-12-6-4-2-3-5(8)7(6)9(10)11/h2-4H,1H3/i1D3. The van der Waals surface area contributed by atoms with E-state index in [0.717, 1.165) is 18.2 Å². The number of para-hydroxylation sites is 1. The maximum atomic E-state index is 13.0. The van der Waals surface area contributed by atoms with E-state index in [1.165, 1.54) is 0 Å². The monoisotopic (exact) mass is 174 g/mol. The Morgan fingerprint density at radius 3 is 3.08 bits per heavy atom. The summed E-state index contributed by atoms with van der Waals surface area (Å²) in [5.41, 5.74) is -0.978. The first kappa shape index (κ1) is 5.08. The normalized spacial score (nSPS) is 14.2. The van der Waals surface area contributed by atoms with Crippen molar-refractivity contribution in [1.29, 1.82) is 0 Å². The van der Waals surface area contributed by atoms with Crippen LogP contribution in [0.5, 0.6) is 5.75 Å². The van der Waals surface area contributed by atoms with Crippen LogP contribution in [-0.2, 0) is 0 Å². The van der Waals surface area contributed by atoms with E-state index >= 15 is 0 Å². The molecule has 0 heterocycles. The van der Waals surface area contributed by atoms with Crippen molar-refractivity contribution in [3.05, 3.63) is 34.1 Å². The summed E-state index contributed by atoms with van der Waals surface area (Å²) >= 11 is 0. The molecule has 0 atom stereocenters. The molecule has 0 saturated heterocycles. The highest BCUT2D eigenvalue weighted by atomic mass is 19.1. The van der Waals surface area contributed by atoms with Crippen LogP contribution in [-0.4, -0.2) is 12.0 Å². The highest BCUT2D eigenvalue weighted by Gasteiger charge is 2.19. The molecule has 5 heteroatoms. The van der Waals surface area contributed by atoms with Crippen molar-refractivity contribution >= 4 is 5.69 Å². The molecule has 0 aromatic heterocycles. The van der Waals surface area contributed by atoms with Crippen LogP contribution < -0.4 is 4.74 Å². The van der Waals surface area contributed by atoms with Gasteiger partial charge < -0.3 is 4.74 Å². The van der Waals surface area contributed by atoms with Crippen LogP contribution in [0, 0.1) is 15.9 Å². The first-order valence-electron chi connectivity index (χ1n) is 4.43. The van der Waals surface area contributed by atoms with Gasteiger partial charge in [-0.3, -0.25) is 10.1 Å². The molecule has 0 aliphatic rings. The van der Waals surface area contributed by atoms with Gasteiger partial charge in [0.1, 0.15) is 0 Å². The fraction of sp³-hybridized carbons (Fsp3) is 0.143. The summed E-state index contributed by atoms with van der Waals surface area (Å²) in [7, 11) is -2.85. The lowest BCUT2D eigenvalue weighted by atomic mass is 10.3. The van der Waals surface area contributed by atoms with Crippen molar-refractivity contribution in [2.75, 3.05) is 7.04 Å². The largest absolute Gasteiger partial charge is 0.490 e. The van der Waals surface area contributed by atoms with Gasteiger partial charge in [0.2, 0.25) is 5.82 Å². The molecule has 0 spiro atoms. The van der Waals surface area contributed by atoms with E-state index in [4.69, 9.17) is 4.11 Å². The Bertz CT molecular complexity index is 394. The molecule has 4 nitrogen and oxygen atoms in total. The van der Waals surface area contributed by atoms with Gasteiger partial charge in [0, 0.05) is 0 Å². The predicted molar refractivity (Wildman–Crippen MR) is 39.6 cm³/mol. The molecule has 1 aromatic rings. The molecule has 0 saturated carbocycles. The molecule has 1 rings (SSSR count). The van der Waals surface area contributed by atoms with Crippen LogP contribution in [0.4, 0.5) is 10.1 Å². The number of ether oxygens (including phenoxy) is 1. The number of methoxy groups -OCH3 is 1. The molecule has 0 aliphatic carbocycles.